The lowest BCUT2D eigenvalue weighted by molar-refractivity contribution is -0.151. The zero-order chi connectivity index (χ0) is 24.5. The van der Waals surface area contributed by atoms with E-state index in [-0.39, 0.29) is 46.9 Å². The molecule has 0 bridgehead atoms. The van der Waals surface area contributed by atoms with Gasteiger partial charge in [-0.2, -0.15) is 0 Å². The standard InChI is InChI=1S/C28H42N2O4/c1-18(27(33)30-15-11-20-7-5-6-8-21(20)17-30)22-9-13-28(3)14-10-23(19(2)25(28)26(22)32)29-24(31)12-16-34-4/h5-8,18-19,22-23,25-26,32H,9-17H2,1-4H3,(H,29,31)/t18-,19+,22-,23-,25+,26-,28-/m0/s1. The highest BCUT2D eigenvalue weighted by atomic mass is 16.5. The number of aliphatic hydroxyl groups is 1. The number of rotatable bonds is 6. The second-order valence-corrected chi connectivity index (χ2v) is 11.3. The van der Waals surface area contributed by atoms with Crippen molar-refractivity contribution in [2.24, 2.45) is 29.1 Å². The molecule has 1 heterocycles. The number of nitrogens with one attached hydrogen (secondary N) is 1. The third-order valence-corrected chi connectivity index (χ3v) is 9.24. The van der Waals surface area contributed by atoms with E-state index in [0.29, 0.717) is 19.6 Å². The summed E-state index contributed by atoms with van der Waals surface area (Å²) in [5, 5.41) is 14.9. The van der Waals surface area contributed by atoms with Crippen molar-refractivity contribution in [3.05, 3.63) is 35.4 Å². The number of methoxy groups -OCH3 is 1. The van der Waals surface area contributed by atoms with E-state index in [4.69, 9.17) is 4.74 Å². The zero-order valence-corrected chi connectivity index (χ0v) is 21.3. The van der Waals surface area contributed by atoms with E-state index in [1.807, 2.05) is 17.9 Å². The maximum Gasteiger partial charge on any atom is 0.226 e. The molecule has 1 aliphatic heterocycles. The highest BCUT2D eigenvalue weighted by Crippen LogP contribution is 2.55. The number of benzene rings is 1. The van der Waals surface area contributed by atoms with E-state index in [1.54, 1.807) is 7.11 Å². The van der Waals surface area contributed by atoms with E-state index in [2.05, 4.69) is 37.4 Å². The van der Waals surface area contributed by atoms with Crippen molar-refractivity contribution in [1.29, 1.82) is 0 Å². The molecule has 2 N–H and O–H groups in total. The summed E-state index contributed by atoms with van der Waals surface area (Å²) in [7, 11) is 1.60. The van der Waals surface area contributed by atoms with Crippen LogP contribution in [0.4, 0.5) is 0 Å². The van der Waals surface area contributed by atoms with Crippen LogP contribution in [0.2, 0.25) is 0 Å². The van der Waals surface area contributed by atoms with Gasteiger partial charge < -0.3 is 20.1 Å². The number of carbonyl (C=O) groups is 2. The van der Waals surface area contributed by atoms with E-state index < -0.39 is 6.10 Å². The van der Waals surface area contributed by atoms with Crippen molar-refractivity contribution in [3.63, 3.8) is 0 Å². The first-order chi connectivity index (χ1) is 16.2. The third kappa shape index (κ3) is 4.90. The minimum Gasteiger partial charge on any atom is -0.392 e. The summed E-state index contributed by atoms with van der Waals surface area (Å²) >= 11 is 0. The van der Waals surface area contributed by atoms with E-state index >= 15 is 0 Å². The first-order valence-corrected chi connectivity index (χ1v) is 13.1. The quantitative estimate of drug-likeness (QED) is 0.666. The molecule has 188 valence electrons. The number of ether oxygens (including phenoxy) is 1. The third-order valence-electron chi connectivity index (χ3n) is 9.24. The smallest absolute Gasteiger partial charge is 0.226 e. The van der Waals surface area contributed by atoms with Crippen LogP contribution < -0.4 is 5.32 Å². The molecule has 34 heavy (non-hydrogen) atoms. The molecule has 2 amide bonds. The van der Waals surface area contributed by atoms with E-state index in [1.165, 1.54) is 11.1 Å². The van der Waals surface area contributed by atoms with Gasteiger partial charge in [0.05, 0.1) is 12.7 Å². The molecule has 2 saturated carbocycles. The Kier molecular flexibility index (Phi) is 7.68. The number of nitrogens with zero attached hydrogens (tertiary/aromatic N) is 1. The number of hydrogen-bond acceptors (Lipinski definition) is 4. The molecule has 0 radical (unpaired) electrons. The second kappa shape index (κ2) is 10.4. The molecule has 0 unspecified atom stereocenters. The highest BCUT2D eigenvalue weighted by Gasteiger charge is 2.54. The van der Waals surface area contributed by atoms with Crippen molar-refractivity contribution in [2.45, 2.75) is 78.0 Å². The maximum absolute atomic E-state index is 13.5. The Morgan fingerprint density at radius 3 is 2.68 bits per heavy atom. The van der Waals surface area contributed by atoms with Gasteiger partial charge >= 0.3 is 0 Å². The summed E-state index contributed by atoms with van der Waals surface area (Å²) in [6, 6.07) is 8.43. The minimum atomic E-state index is -0.538. The van der Waals surface area contributed by atoms with Gasteiger partial charge in [0.2, 0.25) is 11.8 Å². The molecular formula is C28H42N2O4. The van der Waals surface area contributed by atoms with Gasteiger partial charge in [-0.1, -0.05) is 45.0 Å². The number of aliphatic hydroxyl groups excluding tert-OH is 1. The molecule has 6 nitrogen and oxygen atoms in total. The average molecular weight is 471 g/mol. The molecule has 3 aliphatic rings. The number of amides is 2. The van der Waals surface area contributed by atoms with Gasteiger partial charge in [-0.3, -0.25) is 9.59 Å². The molecule has 4 rings (SSSR count). The molecule has 7 atom stereocenters. The predicted molar refractivity (Wildman–Crippen MR) is 132 cm³/mol. The van der Waals surface area contributed by atoms with Crippen LogP contribution in [0.15, 0.2) is 24.3 Å². The Morgan fingerprint density at radius 2 is 1.94 bits per heavy atom. The van der Waals surface area contributed by atoms with Crippen LogP contribution in [0, 0.1) is 29.1 Å². The predicted octanol–water partition coefficient (Wildman–Crippen LogP) is 3.55. The van der Waals surface area contributed by atoms with E-state index in [9.17, 15) is 14.7 Å². The van der Waals surface area contributed by atoms with Gasteiger partial charge in [0, 0.05) is 38.6 Å². The van der Waals surface area contributed by atoms with Crippen molar-refractivity contribution >= 4 is 11.8 Å². The Labute approximate surface area is 204 Å². The fourth-order valence-corrected chi connectivity index (χ4v) is 7.13. The molecule has 6 heteroatoms. The number of fused-ring (bicyclic) bond motifs is 2. The van der Waals surface area contributed by atoms with Crippen molar-refractivity contribution in [3.8, 4) is 0 Å². The normalized spacial score (nSPS) is 34.0. The van der Waals surface area contributed by atoms with Gasteiger partial charge in [-0.25, -0.2) is 0 Å². The van der Waals surface area contributed by atoms with Crippen molar-refractivity contribution in [1.82, 2.24) is 10.2 Å². The fraction of sp³-hybridized carbons (Fsp3) is 0.714. The van der Waals surface area contributed by atoms with Crippen molar-refractivity contribution in [2.75, 3.05) is 20.3 Å². The first kappa shape index (κ1) is 25.2. The zero-order valence-electron chi connectivity index (χ0n) is 21.3. The Balaban J connectivity index is 1.44. The highest BCUT2D eigenvalue weighted by molar-refractivity contribution is 5.79. The molecular weight excluding hydrogens is 428 g/mol. The molecule has 1 aromatic carbocycles. The van der Waals surface area contributed by atoms with Gasteiger partial charge in [-0.05, 0) is 66.4 Å². The minimum absolute atomic E-state index is 0.0121. The molecule has 0 saturated heterocycles. The Morgan fingerprint density at radius 1 is 1.24 bits per heavy atom. The molecule has 2 fully saturated rings. The number of carbonyl (C=O) groups excluding carboxylic acids is 2. The van der Waals surface area contributed by atoms with Crippen LogP contribution in [0.1, 0.15) is 64.0 Å². The summed E-state index contributed by atoms with van der Waals surface area (Å²) in [5.41, 5.74) is 2.62. The van der Waals surface area contributed by atoms with Crippen LogP contribution in [0.5, 0.6) is 0 Å². The van der Waals surface area contributed by atoms with Crippen molar-refractivity contribution < 1.29 is 19.4 Å². The van der Waals surface area contributed by atoms with Gasteiger partial charge in [0.25, 0.3) is 0 Å². The fourth-order valence-electron chi connectivity index (χ4n) is 7.13. The van der Waals surface area contributed by atoms with Crippen LogP contribution in [0.3, 0.4) is 0 Å². The van der Waals surface area contributed by atoms with Gasteiger partial charge in [-0.15, -0.1) is 0 Å². The largest absolute Gasteiger partial charge is 0.392 e. The summed E-state index contributed by atoms with van der Waals surface area (Å²) in [6.45, 7) is 8.30. The molecule has 0 aromatic heterocycles. The maximum atomic E-state index is 13.5. The molecule has 1 aromatic rings. The summed E-state index contributed by atoms with van der Waals surface area (Å²) in [5.74, 6) is 0.146. The molecule has 0 spiro atoms. The SMILES string of the molecule is COCCC(=O)N[C@H]1CC[C@]2(C)CC[C@@H]([C@H](C)C(=O)N3CCc4ccccc4C3)[C@H](O)[C@H]2[C@@H]1C. The van der Waals surface area contributed by atoms with Crippen LogP contribution in [-0.4, -0.2) is 54.2 Å². The van der Waals surface area contributed by atoms with Crippen LogP contribution in [0.25, 0.3) is 0 Å². The molecule has 2 aliphatic carbocycles. The number of hydrogen-bond donors (Lipinski definition) is 2. The lowest BCUT2D eigenvalue weighted by Gasteiger charge is -2.56. The second-order valence-electron chi connectivity index (χ2n) is 11.3. The van der Waals surface area contributed by atoms with Crippen LogP contribution >= 0.6 is 0 Å². The monoisotopic (exact) mass is 470 g/mol. The van der Waals surface area contributed by atoms with Gasteiger partial charge in [0.15, 0.2) is 0 Å². The lowest BCUT2D eigenvalue weighted by atomic mass is 9.51. The topological polar surface area (TPSA) is 78.9 Å². The summed E-state index contributed by atoms with van der Waals surface area (Å²) in [6.07, 6.45) is 4.54. The first-order valence-electron chi connectivity index (χ1n) is 13.1. The van der Waals surface area contributed by atoms with Gasteiger partial charge in [0.1, 0.15) is 0 Å². The summed E-state index contributed by atoms with van der Waals surface area (Å²) < 4.78 is 5.04. The average Bonchev–Trinajstić information content (AvgIpc) is 2.83. The Bertz CT molecular complexity index is 889. The lowest BCUT2D eigenvalue weighted by Crippen LogP contribution is -2.58. The van der Waals surface area contributed by atoms with Crippen LogP contribution in [-0.2, 0) is 27.3 Å². The Hall–Kier alpha value is -1.92. The van der Waals surface area contributed by atoms with E-state index in [0.717, 1.165) is 38.6 Å². The summed E-state index contributed by atoms with van der Waals surface area (Å²) in [4.78, 5) is 27.9.